The first-order valence-electron chi connectivity index (χ1n) is 7.46. The lowest BCUT2D eigenvalue weighted by Crippen LogP contribution is -2.15. The molecule has 0 aliphatic heterocycles. The van der Waals surface area contributed by atoms with Crippen molar-refractivity contribution in [3.05, 3.63) is 17.0 Å². The molecule has 3 nitrogen and oxygen atoms in total. The maximum Gasteiger partial charge on any atom is 0.0641 e. The van der Waals surface area contributed by atoms with Gasteiger partial charge in [-0.3, -0.25) is 4.68 Å². The summed E-state index contributed by atoms with van der Waals surface area (Å²) in [5.74, 6) is 0.861. The molecule has 2 rings (SSSR count). The topological polar surface area (TPSA) is 29.9 Å². The largest absolute Gasteiger partial charge is 0.313 e. The number of hydrogen-bond acceptors (Lipinski definition) is 2. The Morgan fingerprint density at radius 1 is 1.28 bits per heavy atom. The average molecular weight is 249 g/mol. The average Bonchev–Trinajstić information content (AvgIpc) is 2.93. The van der Waals surface area contributed by atoms with E-state index in [9.17, 15) is 0 Å². The van der Waals surface area contributed by atoms with Gasteiger partial charge in [0.05, 0.1) is 5.69 Å². The third-order valence-electron chi connectivity index (χ3n) is 4.17. The molecule has 0 aromatic carbocycles. The molecule has 1 N–H and O–H groups in total. The van der Waals surface area contributed by atoms with Gasteiger partial charge < -0.3 is 5.32 Å². The summed E-state index contributed by atoms with van der Waals surface area (Å²) in [4.78, 5) is 0. The lowest BCUT2D eigenvalue weighted by molar-refractivity contribution is 0.421. The van der Waals surface area contributed by atoms with E-state index in [1.807, 2.05) is 0 Å². The first kappa shape index (κ1) is 13.6. The molecule has 0 unspecified atom stereocenters. The predicted molar refractivity (Wildman–Crippen MR) is 75.7 cm³/mol. The number of nitrogens with one attached hydrogen (secondary N) is 1. The van der Waals surface area contributed by atoms with Crippen molar-refractivity contribution < 1.29 is 0 Å². The normalized spacial score (nSPS) is 16.6. The lowest BCUT2D eigenvalue weighted by atomic mass is 10.1. The van der Waals surface area contributed by atoms with Gasteiger partial charge in [-0.05, 0) is 45.6 Å². The third-order valence-corrected chi connectivity index (χ3v) is 4.17. The molecule has 0 atom stereocenters. The van der Waals surface area contributed by atoms with E-state index in [0.29, 0.717) is 0 Å². The van der Waals surface area contributed by atoms with Gasteiger partial charge in [0.1, 0.15) is 0 Å². The minimum Gasteiger partial charge on any atom is -0.313 e. The molecule has 0 spiro atoms. The van der Waals surface area contributed by atoms with Crippen molar-refractivity contribution in [2.24, 2.45) is 5.92 Å². The Labute approximate surface area is 111 Å². The molecule has 0 saturated heterocycles. The molecule has 1 aromatic rings. The zero-order valence-corrected chi connectivity index (χ0v) is 12.1. The minimum atomic E-state index is 0.861. The second-order valence-corrected chi connectivity index (χ2v) is 5.66. The Hall–Kier alpha value is -0.830. The van der Waals surface area contributed by atoms with Crippen LogP contribution in [0.3, 0.4) is 0 Å². The van der Waals surface area contributed by atoms with E-state index >= 15 is 0 Å². The highest BCUT2D eigenvalue weighted by Gasteiger charge is 2.18. The van der Waals surface area contributed by atoms with Crippen molar-refractivity contribution >= 4 is 0 Å². The SMILES string of the molecule is CCCNCc1c(C)nn(CC2CCCC2)c1C. The van der Waals surface area contributed by atoms with Crippen LogP contribution in [0.2, 0.25) is 0 Å². The first-order chi connectivity index (χ1) is 8.72. The molecule has 1 fully saturated rings. The molecular weight excluding hydrogens is 222 g/mol. The summed E-state index contributed by atoms with van der Waals surface area (Å²) in [6.07, 6.45) is 6.79. The van der Waals surface area contributed by atoms with Crippen molar-refractivity contribution in [1.29, 1.82) is 0 Å². The Balaban J connectivity index is 2.00. The highest BCUT2D eigenvalue weighted by atomic mass is 15.3. The van der Waals surface area contributed by atoms with E-state index in [1.54, 1.807) is 0 Å². The van der Waals surface area contributed by atoms with Gasteiger partial charge in [0.25, 0.3) is 0 Å². The predicted octanol–water partition coefficient (Wildman–Crippen LogP) is 3.19. The van der Waals surface area contributed by atoms with Crippen molar-refractivity contribution in [1.82, 2.24) is 15.1 Å². The first-order valence-corrected chi connectivity index (χ1v) is 7.46. The summed E-state index contributed by atoms with van der Waals surface area (Å²) in [6.45, 7) is 9.75. The molecule has 1 aliphatic carbocycles. The molecule has 102 valence electrons. The highest BCUT2D eigenvalue weighted by Crippen LogP contribution is 2.27. The zero-order chi connectivity index (χ0) is 13.0. The van der Waals surface area contributed by atoms with Crippen LogP contribution >= 0.6 is 0 Å². The second kappa shape index (κ2) is 6.37. The molecule has 0 radical (unpaired) electrons. The van der Waals surface area contributed by atoms with Crippen LogP contribution < -0.4 is 5.32 Å². The summed E-state index contributed by atoms with van der Waals surface area (Å²) < 4.78 is 2.24. The molecule has 3 heteroatoms. The van der Waals surface area contributed by atoms with E-state index in [-0.39, 0.29) is 0 Å². The Kier molecular flexibility index (Phi) is 4.81. The summed E-state index contributed by atoms with van der Waals surface area (Å²) in [7, 11) is 0. The van der Waals surface area contributed by atoms with Crippen LogP contribution in [0, 0.1) is 19.8 Å². The van der Waals surface area contributed by atoms with Crippen LogP contribution in [-0.2, 0) is 13.1 Å². The molecule has 18 heavy (non-hydrogen) atoms. The van der Waals surface area contributed by atoms with Crippen molar-refractivity contribution in [3.8, 4) is 0 Å². The van der Waals surface area contributed by atoms with Gasteiger partial charge in [0.15, 0.2) is 0 Å². The van der Waals surface area contributed by atoms with Gasteiger partial charge in [0.2, 0.25) is 0 Å². The van der Waals surface area contributed by atoms with E-state index in [2.05, 4.69) is 30.8 Å². The highest BCUT2D eigenvalue weighted by molar-refractivity contribution is 5.24. The Morgan fingerprint density at radius 3 is 2.67 bits per heavy atom. The van der Waals surface area contributed by atoms with Gasteiger partial charge in [-0.2, -0.15) is 5.10 Å². The van der Waals surface area contributed by atoms with Gasteiger partial charge in [0, 0.05) is 24.3 Å². The molecule has 1 aliphatic rings. The molecule has 1 saturated carbocycles. The van der Waals surface area contributed by atoms with Gasteiger partial charge in [-0.15, -0.1) is 0 Å². The number of rotatable bonds is 6. The van der Waals surface area contributed by atoms with Crippen LogP contribution in [0.1, 0.15) is 56.0 Å². The fourth-order valence-electron chi connectivity index (χ4n) is 3.00. The standard InChI is InChI=1S/C15H27N3/c1-4-9-16-10-15-12(2)17-18(13(15)3)11-14-7-5-6-8-14/h14,16H,4-11H2,1-3H3. The lowest BCUT2D eigenvalue weighted by Gasteiger charge is -2.11. The van der Waals surface area contributed by atoms with E-state index < -0.39 is 0 Å². The molecule has 1 heterocycles. The smallest absolute Gasteiger partial charge is 0.0641 e. The van der Waals surface area contributed by atoms with Gasteiger partial charge >= 0.3 is 0 Å². The quantitative estimate of drug-likeness (QED) is 0.785. The summed E-state index contributed by atoms with van der Waals surface area (Å²) in [5, 5.41) is 8.22. The monoisotopic (exact) mass is 249 g/mol. The van der Waals surface area contributed by atoms with Crippen molar-refractivity contribution in [2.45, 2.75) is 66.0 Å². The van der Waals surface area contributed by atoms with Crippen LogP contribution in [0.4, 0.5) is 0 Å². The maximum absolute atomic E-state index is 4.73. The van der Waals surface area contributed by atoms with Gasteiger partial charge in [-0.25, -0.2) is 0 Å². The van der Waals surface area contributed by atoms with E-state index in [0.717, 1.165) is 25.6 Å². The number of aromatic nitrogens is 2. The Bertz CT molecular complexity index is 375. The fourth-order valence-corrected chi connectivity index (χ4v) is 3.00. The minimum absolute atomic E-state index is 0.861. The summed E-state index contributed by atoms with van der Waals surface area (Å²) >= 11 is 0. The molecule has 0 amide bonds. The number of aryl methyl sites for hydroxylation is 1. The Morgan fingerprint density at radius 2 is 2.00 bits per heavy atom. The zero-order valence-electron chi connectivity index (χ0n) is 12.1. The summed E-state index contributed by atoms with van der Waals surface area (Å²) in [6, 6.07) is 0. The van der Waals surface area contributed by atoms with Crippen LogP contribution in [0.5, 0.6) is 0 Å². The third kappa shape index (κ3) is 3.14. The second-order valence-electron chi connectivity index (χ2n) is 5.66. The molecular formula is C15H27N3. The van der Waals surface area contributed by atoms with E-state index in [4.69, 9.17) is 5.10 Å². The van der Waals surface area contributed by atoms with Crippen LogP contribution in [0.25, 0.3) is 0 Å². The van der Waals surface area contributed by atoms with Crippen LogP contribution in [-0.4, -0.2) is 16.3 Å². The van der Waals surface area contributed by atoms with Crippen LogP contribution in [0.15, 0.2) is 0 Å². The maximum atomic E-state index is 4.73. The molecule has 0 bridgehead atoms. The van der Waals surface area contributed by atoms with Crippen molar-refractivity contribution in [3.63, 3.8) is 0 Å². The summed E-state index contributed by atoms with van der Waals surface area (Å²) in [5.41, 5.74) is 3.97. The number of nitrogens with zero attached hydrogens (tertiary/aromatic N) is 2. The molecule has 1 aromatic heterocycles. The van der Waals surface area contributed by atoms with Crippen molar-refractivity contribution in [2.75, 3.05) is 6.54 Å². The fraction of sp³-hybridized carbons (Fsp3) is 0.800. The van der Waals surface area contributed by atoms with E-state index in [1.165, 1.54) is 49.1 Å². The number of hydrogen-bond donors (Lipinski definition) is 1. The van der Waals surface area contributed by atoms with Gasteiger partial charge in [-0.1, -0.05) is 19.8 Å².